The summed E-state index contributed by atoms with van der Waals surface area (Å²) in [5.41, 5.74) is 2.94. The third-order valence-electron chi connectivity index (χ3n) is 6.27. The van der Waals surface area contributed by atoms with Crippen LogP contribution >= 0.6 is 23.2 Å². The first-order chi connectivity index (χ1) is 17.5. The van der Waals surface area contributed by atoms with Crippen molar-refractivity contribution in [2.75, 3.05) is 57.6 Å². The van der Waals surface area contributed by atoms with E-state index >= 15 is 0 Å². The standard InChI is InChI=1S/C26H31Cl2N3O5/c27-21-4-3-5-23(26(21)28)31-13-11-30(12-14-31)10-1-2-15-34-20-8-6-19-7-9-24(29-22(19)16-20)35-18-36-25(33)17-32/h3-6,8,16,32H,1-2,7,9-15,17-18H2. The van der Waals surface area contributed by atoms with Crippen LogP contribution in [0.5, 0.6) is 5.75 Å². The second-order valence-corrected chi connectivity index (χ2v) is 9.48. The van der Waals surface area contributed by atoms with Crippen molar-refractivity contribution < 1.29 is 24.1 Å². The molecule has 1 fully saturated rings. The Morgan fingerprint density at radius 3 is 2.67 bits per heavy atom. The highest BCUT2D eigenvalue weighted by atomic mass is 35.5. The second-order valence-electron chi connectivity index (χ2n) is 8.69. The molecule has 0 saturated carbocycles. The smallest absolute Gasteiger partial charge is 0.334 e. The Hall–Kier alpha value is -2.52. The van der Waals surface area contributed by atoms with E-state index in [1.807, 2.05) is 36.4 Å². The first-order valence-corrected chi connectivity index (χ1v) is 12.9. The van der Waals surface area contributed by atoms with Crippen molar-refractivity contribution in [3.63, 3.8) is 0 Å². The Labute approximate surface area is 221 Å². The number of aryl methyl sites for hydroxylation is 1. The number of hydrogen-bond donors (Lipinski definition) is 1. The van der Waals surface area contributed by atoms with Crippen molar-refractivity contribution in [2.24, 2.45) is 4.99 Å². The molecule has 2 aromatic rings. The number of fused-ring (bicyclic) bond motifs is 1. The van der Waals surface area contributed by atoms with Gasteiger partial charge in [0.05, 0.1) is 28.0 Å². The Kier molecular flexibility index (Phi) is 9.69. The van der Waals surface area contributed by atoms with Gasteiger partial charge in [0.1, 0.15) is 12.4 Å². The van der Waals surface area contributed by atoms with Crippen LogP contribution in [0.25, 0.3) is 0 Å². The van der Waals surface area contributed by atoms with Crippen LogP contribution in [-0.4, -0.2) is 74.6 Å². The lowest BCUT2D eigenvalue weighted by Gasteiger charge is -2.36. The Morgan fingerprint density at radius 1 is 1.03 bits per heavy atom. The van der Waals surface area contributed by atoms with Crippen LogP contribution in [0.15, 0.2) is 41.4 Å². The number of aliphatic imine (C=N–C) groups is 1. The lowest BCUT2D eigenvalue weighted by Crippen LogP contribution is -2.46. The lowest BCUT2D eigenvalue weighted by molar-refractivity contribution is -0.154. The third kappa shape index (κ3) is 7.26. The van der Waals surface area contributed by atoms with Crippen molar-refractivity contribution in [1.29, 1.82) is 0 Å². The number of anilines is 1. The third-order valence-corrected chi connectivity index (χ3v) is 7.08. The van der Waals surface area contributed by atoms with Gasteiger partial charge in [0.15, 0.2) is 5.90 Å². The summed E-state index contributed by atoms with van der Waals surface area (Å²) in [6.45, 7) is 4.61. The summed E-state index contributed by atoms with van der Waals surface area (Å²) in [5.74, 6) is 0.549. The maximum absolute atomic E-state index is 11.0. The molecular formula is C26H31Cl2N3O5. The number of carbonyl (C=O) groups excluding carboxylic acids is 1. The molecule has 2 aliphatic heterocycles. The zero-order chi connectivity index (χ0) is 25.3. The number of esters is 1. The maximum atomic E-state index is 11.0. The minimum atomic E-state index is -0.729. The van der Waals surface area contributed by atoms with E-state index in [9.17, 15) is 4.79 Å². The number of benzene rings is 2. The molecule has 1 N–H and O–H groups in total. The van der Waals surface area contributed by atoms with Gasteiger partial charge in [-0.15, -0.1) is 0 Å². The van der Waals surface area contributed by atoms with Crippen LogP contribution in [-0.2, 0) is 20.7 Å². The molecule has 0 aliphatic carbocycles. The van der Waals surface area contributed by atoms with Gasteiger partial charge in [-0.3, -0.25) is 4.90 Å². The van der Waals surface area contributed by atoms with Gasteiger partial charge in [0, 0.05) is 38.7 Å². The summed E-state index contributed by atoms with van der Waals surface area (Å²) in [7, 11) is 0. The summed E-state index contributed by atoms with van der Waals surface area (Å²) >= 11 is 12.5. The molecule has 10 heteroatoms. The number of piperazine rings is 1. The molecule has 2 aromatic carbocycles. The number of ether oxygens (including phenoxy) is 3. The molecule has 2 heterocycles. The molecule has 8 nitrogen and oxygen atoms in total. The largest absolute Gasteiger partial charge is 0.494 e. The molecule has 4 rings (SSSR count). The number of aliphatic hydroxyl groups excluding tert-OH is 1. The minimum Gasteiger partial charge on any atom is -0.494 e. The average molecular weight is 536 g/mol. The Balaban J connectivity index is 1.15. The molecule has 0 radical (unpaired) electrons. The summed E-state index contributed by atoms with van der Waals surface area (Å²) < 4.78 is 16.1. The van der Waals surface area contributed by atoms with Crippen molar-refractivity contribution in [2.45, 2.75) is 25.7 Å². The number of aliphatic hydroxyl groups is 1. The molecule has 1 saturated heterocycles. The molecule has 36 heavy (non-hydrogen) atoms. The van der Waals surface area contributed by atoms with Gasteiger partial charge in [0.25, 0.3) is 0 Å². The molecule has 0 aromatic heterocycles. The number of carbonyl (C=O) groups is 1. The summed E-state index contributed by atoms with van der Waals surface area (Å²) in [6, 6.07) is 11.7. The van der Waals surface area contributed by atoms with E-state index < -0.39 is 12.6 Å². The monoisotopic (exact) mass is 535 g/mol. The number of halogens is 2. The predicted octanol–water partition coefficient (Wildman–Crippen LogP) is 4.46. The van der Waals surface area contributed by atoms with Gasteiger partial charge in [-0.05, 0) is 49.6 Å². The first-order valence-electron chi connectivity index (χ1n) is 12.2. The van der Waals surface area contributed by atoms with Crippen LogP contribution in [0.1, 0.15) is 24.8 Å². The molecule has 0 spiro atoms. The van der Waals surface area contributed by atoms with Gasteiger partial charge in [-0.2, -0.15) is 0 Å². The SMILES string of the molecule is O=C(CO)OCOC1=Nc2cc(OCCCCN3CCN(c4cccc(Cl)c4Cl)CC3)ccc2CC1. The van der Waals surface area contributed by atoms with Crippen molar-refractivity contribution >= 4 is 46.4 Å². The highest BCUT2D eigenvalue weighted by Crippen LogP contribution is 2.33. The Bertz CT molecular complexity index is 1070. The number of nitrogens with zero attached hydrogens (tertiary/aromatic N) is 3. The number of unbranched alkanes of at least 4 members (excludes halogenated alkanes) is 1. The quantitative estimate of drug-likeness (QED) is 0.273. The average Bonchev–Trinajstić information content (AvgIpc) is 2.90. The summed E-state index contributed by atoms with van der Waals surface area (Å²) in [5, 5.41) is 9.91. The van der Waals surface area contributed by atoms with Gasteiger partial charge < -0.3 is 24.2 Å². The van der Waals surface area contributed by atoms with E-state index in [1.54, 1.807) is 0 Å². The molecule has 2 aliphatic rings. The molecule has 0 amide bonds. The maximum Gasteiger partial charge on any atom is 0.334 e. The fraction of sp³-hybridized carbons (Fsp3) is 0.462. The van der Waals surface area contributed by atoms with E-state index in [4.69, 9.17) is 42.5 Å². The zero-order valence-corrected chi connectivity index (χ0v) is 21.6. The van der Waals surface area contributed by atoms with Gasteiger partial charge >= 0.3 is 5.97 Å². The van der Waals surface area contributed by atoms with E-state index in [-0.39, 0.29) is 6.79 Å². The van der Waals surface area contributed by atoms with Crippen LogP contribution in [0, 0.1) is 0 Å². The predicted molar refractivity (Wildman–Crippen MR) is 141 cm³/mol. The number of hydrogen-bond acceptors (Lipinski definition) is 8. The van der Waals surface area contributed by atoms with Crippen molar-refractivity contribution in [3.8, 4) is 5.75 Å². The van der Waals surface area contributed by atoms with E-state index in [0.29, 0.717) is 29.0 Å². The fourth-order valence-corrected chi connectivity index (χ4v) is 4.69. The first kappa shape index (κ1) is 26.5. The normalized spacial score (nSPS) is 15.8. The van der Waals surface area contributed by atoms with Crippen LogP contribution in [0.3, 0.4) is 0 Å². The van der Waals surface area contributed by atoms with E-state index in [1.165, 1.54) is 0 Å². The lowest BCUT2D eigenvalue weighted by atomic mass is 10.0. The van der Waals surface area contributed by atoms with E-state index in [2.05, 4.69) is 14.8 Å². The van der Waals surface area contributed by atoms with Crippen LogP contribution in [0.2, 0.25) is 10.0 Å². The molecular weight excluding hydrogens is 505 g/mol. The topological polar surface area (TPSA) is 83.8 Å². The molecule has 194 valence electrons. The fourth-order valence-electron chi connectivity index (χ4n) is 4.27. The Morgan fingerprint density at radius 2 is 1.86 bits per heavy atom. The van der Waals surface area contributed by atoms with Crippen molar-refractivity contribution in [1.82, 2.24) is 4.90 Å². The second kappa shape index (κ2) is 13.1. The highest BCUT2D eigenvalue weighted by molar-refractivity contribution is 6.43. The van der Waals surface area contributed by atoms with Crippen molar-refractivity contribution in [3.05, 3.63) is 52.0 Å². The molecule has 0 atom stereocenters. The minimum absolute atomic E-state index is 0.257. The zero-order valence-electron chi connectivity index (χ0n) is 20.1. The van der Waals surface area contributed by atoms with Crippen LogP contribution in [0.4, 0.5) is 11.4 Å². The molecule has 0 unspecified atom stereocenters. The van der Waals surface area contributed by atoms with Crippen LogP contribution < -0.4 is 9.64 Å². The van der Waals surface area contributed by atoms with E-state index in [0.717, 1.165) is 74.7 Å². The summed E-state index contributed by atoms with van der Waals surface area (Å²) in [4.78, 5) is 20.3. The van der Waals surface area contributed by atoms with Gasteiger partial charge in [-0.1, -0.05) is 35.3 Å². The van der Waals surface area contributed by atoms with Gasteiger partial charge in [-0.25, -0.2) is 9.79 Å². The number of rotatable bonds is 10. The highest BCUT2D eigenvalue weighted by Gasteiger charge is 2.19. The summed E-state index contributed by atoms with van der Waals surface area (Å²) in [6.07, 6.45) is 3.44. The molecule has 0 bridgehead atoms. The van der Waals surface area contributed by atoms with Gasteiger partial charge in [0.2, 0.25) is 6.79 Å².